The van der Waals surface area contributed by atoms with Crippen LogP contribution in [0.1, 0.15) is 49.6 Å². The number of aromatic nitrogens is 1. The minimum Gasteiger partial charge on any atom is -0.306 e. The molecule has 1 saturated heterocycles. The van der Waals surface area contributed by atoms with E-state index in [1.165, 1.54) is 23.4 Å². The first-order valence-corrected chi connectivity index (χ1v) is 8.64. The maximum atomic E-state index is 12.6. The van der Waals surface area contributed by atoms with E-state index in [0.717, 1.165) is 50.3 Å². The molecule has 110 valence electrons. The number of nitrogens with zero attached hydrogens (tertiary/aromatic N) is 2. The molecule has 0 spiro atoms. The van der Waals surface area contributed by atoms with Gasteiger partial charge in [0, 0.05) is 11.4 Å². The van der Waals surface area contributed by atoms with Crippen molar-refractivity contribution in [2.24, 2.45) is 0 Å². The fraction of sp³-hybridized carbons (Fsp3) is 0.733. The van der Waals surface area contributed by atoms with Crippen molar-refractivity contribution in [2.45, 2.75) is 57.9 Å². The first-order valence-electron chi connectivity index (χ1n) is 7.83. The summed E-state index contributed by atoms with van der Waals surface area (Å²) in [6.45, 7) is 3.88. The predicted molar refractivity (Wildman–Crippen MR) is 82.4 cm³/mol. The number of anilines is 1. The van der Waals surface area contributed by atoms with Crippen LogP contribution >= 0.6 is 11.3 Å². The van der Waals surface area contributed by atoms with E-state index in [4.69, 9.17) is 4.98 Å². The summed E-state index contributed by atoms with van der Waals surface area (Å²) in [6, 6.07) is -0.00960. The van der Waals surface area contributed by atoms with E-state index in [-0.39, 0.29) is 11.9 Å². The van der Waals surface area contributed by atoms with Gasteiger partial charge in [0.15, 0.2) is 5.13 Å². The average Bonchev–Trinajstić information content (AvgIpc) is 2.90. The lowest BCUT2D eigenvalue weighted by Gasteiger charge is -2.31. The molecule has 1 aromatic heterocycles. The average molecular weight is 293 g/mol. The van der Waals surface area contributed by atoms with Crippen molar-refractivity contribution < 1.29 is 4.79 Å². The summed E-state index contributed by atoms with van der Waals surface area (Å²) in [5.74, 6) is 0.218. The molecular formula is C15H23N3OS. The van der Waals surface area contributed by atoms with Crippen LogP contribution in [0.2, 0.25) is 0 Å². The number of hydrogen-bond acceptors (Lipinski definition) is 4. The van der Waals surface area contributed by atoms with Crippen molar-refractivity contribution in [3.63, 3.8) is 0 Å². The zero-order valence-corrected chi connectivity index (χ0v) is 13.0. The van der Waals surface area contributed by atoms with Crippen LogP contribution in [0.5, 0.6) is 0 Å². The molecule has 1 N–H and O–H groups in total. The highest BCUT2D eigenvalue weighted by molar-refractivity contribution is 7.16. The number of carbonyl (C=O) groups excluding carboxylic acids is 1. The number of fused-ring (bicyclic) bond motifs is 1. The highest BCUT2D eigenvalue weighted by atomic mass is 32.1. The van der Waals surface area contributed by atoms with Gasteiger partial charge in [-0.2, -0.15) is 0 Å². The van der Waals surface area contributed by atoms with E-state index in [2.05, 4.69) is 12.2 Å². The Morgan fingerprint density at radius 2 is 2.20 bits per heavy atom. The minimum atomic E-state index is -0.00960. The quantitative estimate of drug-likeness (QED) is 0.928. The first-order chi connectivity index (χ1) is 9.79. The molecule has 0 radical (unpaired) electrons. The van der Waals surface area contributed by atoms with Gasteiger partial charge in [-0.1, -0.05) is 6.92 Å². The van der Waals surface area contributed by atoms with Crippen molar-refractivity contribution >= 4 is 22.4 Å². The Bertz CT molecular complexity index is 462. The Labute approximate surface area is 124 Å². The monoisotopic (exact) mass is 293 g/mol. The first kappa shape index (κ1) is 14.0. The summed E-state index contributed by atoms with van der Waals surface area (Å²) in [5, 5.41) is 4.30. The van der Waals surface area contributed by atoms with Gasteiger partial charge >= 0.3 is 0 Å². The maximum absolute atomic E-state index is 12.6. The van der Waals surface area contributed by atoms with Crippen LogP contribution in [-0.4, -0.2) is 30.0 Å². The van der Waals surface area contributed by atoms with E-state index in [9.17, 15) is 4.79 Å². The summed E-state index contributed by atoms with van der Waals surface area (Å²) < 4.78 is 0. The molecule has 0 saturated carbocycles. The summed E-state index contributed by atoms with van der Waals surface area (Å²) in [7, 11) is 0. The molecule has 1 aromatic rings. The third-order valence-corrected chi connectivity index (χ3v) is 5.33. The van der Waals surface area contributed by atoms with Crippen molar-refractivity contribution in [3.05, 3.63) is 10.6 Å². The summed E-state index contributed by atoms with van der Waals surface area (Å²) in [4.78, 5) is 20.6. The van der Waals surface area contributed by atoms with Crippen LogP contribution in [0.15, 0.2) is 0 Å². The topological polar surface area (TPSA) is 45.2 Å². The number of amides is 1. The number of nitrogens with one attached hydrogen (secondary N) is 1. The van der Waals surface area contributed by atoms with E-state index >= 15 is 0 Å². The molecule has 1 atom stereocenters. The van der Waals surface area contributed by atoms with E-state index in [0.29, 0.717) is 0 Å². The number of thiazole rings is 1. The fourth-order valence-corrected chi connectivity index (χ4v) is 4.21. The molecule has 0 bridgehead atoms. The van der Waals surface area contributed by atoms with Gasteiger partial charge in [0.2, 0.25) is 5.91 Å². The number of aryl methyl sites for hydroxylation is 2. The molecule has 4 nitrogen and oxygen atoms in total. The standard InChI is InChI=1S/C15H23N3OS/c1-2-9-16-12-7-5-10-18(14(12)19)15-17-11-6-3-4-8-13(11)20-15/h12,16H,2-10H2,1H3. The largest absolute Gasteiger partial charge is 0.306 e. The summed E-state index contributed by atoms with van der Waals surface area (Å²) >= 11 is 1.74. The van der Waals surface area contributed by atoms with Gasteiger partial charge in [0.25, 0.3) is 0 Å². The molecule has 3 rings (SSSR count). The lowest BCUT2D eigenvalue weighted by atomic mass is 10.0. The van der Waals surface area contributed by atoms with Crippen LogP contribution in [0.3, 0.4) is 0 Å². The summed E-state index contributed by atoms with van der Waals surface area (Å²) in [5.41, 5.74) is 1.24. The highest BCUT2D eigenvalue weighted by Gasteiger charge is 2.31. The van der Waals surface area contributed by atoms with Gasteiger partial charge in [-0.3, -0.25) is 9.69 Å². The Morgan fingerprint density at radius 1 is 1.35 bits per heavy atom. The second-order valence-corrected chi connectivity index (χ2v) is 6.77. The molecule has 0 aromatic carbocycles. The SMILES string of the molecule is CCCNC1CCCN(c2nc3c(s2)CCCC3)C1=O. The Hall–Kier alpha value is -0.940. The normalized spacial score (nSPS) is 22.9. The van der Waals surface area contributed by atoms with Gasteiger partial charge in [0.1, 0.15) is 0 Å². The predicted octanol–water partition coefficient (Wildman–Crippen LogP) is 2.52. The lowest BCUT2D eigenvalue weighted by Crippen LogP contribution is -2.51. The number of piperidine rings is 1. The van der Waals surface area contributed by atoms with Crippen molar-refractivity contribution in [1.29, 1.82) is 0 Å². The third-order valence-electron chi connectivity index (χ3n) is 4.14. The smallest absolute Gasteiger partial charge is 0.245 e. The second-order valence-electron chi connectivity index (χ2n) is 5.71. The van der Waals surface area contributed by atoms with Crippen molar-refractivity contribution in [3.8, 4) is 0 Å². The number of rotatable bonds is 4. The van der Waals surface area contributed by atoms with Gasteiger partial charge < -0.3 is 5.32 Å². The highest BCUT2D eigenvalue weighted by Crippen LogP contribution is 2.33. The number of carbonyl (C=O) groups is 1. The van der Waals surface area contributed by atoms with Crippen molar-refractivity contribution in [1.82, 2.24) is 10.3 Å². The Morgan fingerprint density at radius 3 is 3.00 bits per heavy atom. The minimum absolute atomic E-state index is 0.00960. The van der Waals surface area contributed by atoms with Crippen LogP contribution in [0.4, 0.5) is 5.13 Å². The zero-order chi connectivity index (χ0) is 13.9. The summed E-state index contributed by atoms with van der Waals surface area (Å²) in [6.07, 6.45) is 7.83. The lowest BCUT2D eigenvalue weighted by molar-refractivity contribution is -0.121. The van der Waals surface area contributed by atoms with E-state index in [1.807, 2.05) is 4.90 Å². The van der Waals surface area contributed by atoms with Crippen LogP contribution < -0.4 is 10.2 Å². The molecule has 1 unspecified atom stereocenters. The van der Waals surface area contributed by atoms with E-state index in [1.54, 1.807) is 11.3 Å². The fourth-order valence-electron chi connectivity index (χ4n) is 3.03. The maximum Gasteiger partial charge on any atom is 0.245 e. The third kappa shape index (κ3) is 2.74. The van der Waals surface area contributed by atoms with Crippen LogP contribution in [0, 0.1) is 0 Å². The molecule has 20 heavy (non-hydrogen) atoms. The van der Waals surface area contributed by atoms with Gasteiger partial charge in [-0.25, -0.2) is 4.98 Å². The zero-order valence-electron chi connectivity index (χ0n) is 12.2. The van der Waals surface area contributed by atoms with Gasteiger partial charge in [-0.15, -0.1) is 11.3 Å². The van der Waals surface area contributed by atoms with E-state index < -0.39 is 0 Å². The number of hydrogen-bond donors (Lipinski definition) is 1. The molecule has 5 heteroatoms. The molecule has 1 aliphatic heterocycles. The second kappa shape index (κ2) is 6.22. The molecule has 1 aliphatic carbocycles. The Balaban J connectivity index is 1.75. The van der Waals surface area contributed by atoms with Crippen molar-refractivity contribution in [2.75, 3.05) is 18.0 Å². The van der Waals surface area contributed by atoms with Gasteiger partial charge in [-0.05, 0) is 51.5 Å². The molecule has 2 aliphatic rings. The van der Waals surface area contributed by atoms with Gasteiger partial charge in [0.05, 0.1) is 11.7 Å². The molecule has 1 fully saturated rings. The molecular weight excluding hydrogens is 270 g/mol. The molecule has 1 amide bonds. The molecule has 2 heterocycles. The van der Waals surface area contributed by atoms with Crippen LogP contribution in [-0.2, 0) is 17.6 Å². The Kier molecular flexibility index (Phi) is 4.36. The van der Waals surface area contributed by atoms with Crippen LogP contribution in [0.25, 0.3) is 0 Å².